The van der Waals surface area contributed by atoms with E-state index in [1.54, 1.807) is 0 Å². The van der Waals surface area contributed by atoms with Crippen molar-refractivity contribution in [2.45, 2.75) is 18.2 Å². The third-order valence-corrected chi connectivity index (χ3v) is 3.47. The number of anilines is 1. The second kappa shape index (κ2) is 7.04. The minimum atomic E-state index is -3.99. The molecule has 0 aliphatic carbocycles. The Labute approximate surface area is 122 Å². The molecule has 0 aromatic heterocycles. The minimum Gasteiger partial charge on any atom is -0.478 e. The number of sulfonamides is 1. The average molecular weight is 315 g/mol. The predicted molar refractivity (Wildman–Crippen MR) is 76.6 cm³/mol. The number of amides is 1. The molecule has 0 spiro atoms. The fourth-order valence-corrected chi connectivity index (χ4v) is 2.07. The van der Waals surface area contributed by atoms with Crippen molar-refractivity contribution >= 4 is 27.6 Å². The summed E-state index contributed by atoms with van der Waals surface area (Å²) < 4.78 is 22.4. The van der Waals surface area contributed by atoms with Gasteiger partial charge in [0.1, 0.15) is 0 Å². The van der Waals surface area contributed by atoms with Crippen molar-refractivity contribution in [1.82, 2.24) is 5.32 Å². The monoisotopic (exact) mass is 315 g/mol. The van der Waals surface area contributed by atoms with Crippen molar-refractivity contribution in [2.24, 2.45) is 5.14 Å². The van der Waals surface area contributed by atoms with Gasteiger partial charge in [-0.2, -0.15) is 0 Å². The van der Waals surface area contributed by atoms with Gasteiger partial charge in [0.05, 0.1) is 17.0 Å². The number of hydrogen-bond acceptors (Lipinski definition) is 5. The lowest BCUT2D eigenvalue weighted by atomic mass is 10.2. The molecule has 0 aliphatic heterocycles. The molecule has 0 fully saturated rings. The van der Waals surface area contributed by atoms with Crippen LogP contribution in [0.4, 0.5) is 5.69 Å². The maximum atomic E-state index is 11.4. The van der Waals surface area contributed by atoms with E-state index in [4.69, 9.17) is 10.2 Å². The molecule has 1 aromatic carbocycles. The molecule has 5 N–H and O–H groups in total. The SMILES string of the molecule is CCCNC(=O)CNc1ccc(S(N)(=O)=O)cc1C(=O)O. The third kappa shape index (κ3) is 5.04. The van der Waals surface area contributed by atoms with Crippen LogP contribution in [0.2, 0.25) is 0 Å². The van der Waals surface area contributed by atoms with Crippen LogP contribution in [0.25, 0.3) is 0 Å². The summed E-state index contributed by atoms with van der Waals surface area (Å²) in [4.78, 5) is 22.3. The largest absolute Gasteiger partial charge is 0.478 e. The Balaban J connectivity index is 2.93. The number of nitrogens with two attached hydrogens (primary N) is 1. The Morgan fingerprint density at radius 2 is 2.00 bits per heavy atom. The molecule has 0 saturated heterocycles. The summed E-state index contributed by atoms with van der Waals surface area (Å²) in [5.74, 6) is -1.61. The van der Waals surface area contributed by atoms with Crippen LogP contribution >= 0.6 is 0 Å². The van der Waals surface area contributed by atoms with Gasteiger partial charge in [0.15, 0.2) is 0 Å². The van der Waals surface area contributed by atoms with Gasteiger partial charge in [-0.3, -0.25) is 4.79 Å². The van der Waals surface area contributed by atoms with Crippen LogP contribution in [-0.2, 0) is 14.8 Å². The standard InChI is InChI=1S/C12H17N3O5S/c1-2-5-14-11(16)7-15-10-4-3-8(21(13,19)20)6-9(10)12(17)18/h3-4,6,15H,2,5,7H2,1H3,(H,14,16)(H,17,18)(H2,13,19,20). The number of rotatable bonds is 7. The van der Waals surface area contributed by atoms with Crippen molar-refractivity contribution in [1.29, 1.82) is 0 Å². The molecule has 0 atom stereocenters. The van der Waals surface area contributed by atoms with Gasteiger partial charge in [0.25, 0.3) is 0 Å². The zero-order valence-electron chi connectivity index (χ0n) is 11.4. The zero-order valence-corrected chi connectivity index (χ0v) is 12.2. The van der Waals surface area contributed by atoms with E-state index < -0.39 is 16.0 Å². The Kier molecular flexibility index (Phi) is 5.68. The number of benzene rings is 1. The minimum absolute atomic E-state index is 0.116. The molecule has 8 nitrogen and oxygen atoms in total. The van der Waals surface area contributed by atoms with Gasteiger partial charge in [-0.1, -0.05) is 6.92 Å². The molecule has 0 heterocycles. The first kappa shape index (κ1) is 16.9. The van der Waals surface area contributed by atoms with Gasteiger partial charge in [-0.25, -0.2) is 18.4 Å². The molecule has 116 valence electrons. The number of carbonyl (C=O) groups excluding carboxylic acids is 1. The fourth-order valence-electron chi connectivity index (χ4n) is 1.53. The van der Waals surface area contributed by atoms with Crippen molar-refractivity contribution in [2.75, 3.05) is 18.4 Å². The lowest BCUT2D eigenvalue weighted by Gasteiger charge is -2.11. The summed E-state index contributed by atoms with van der Waals surface area (Å²) in [5.41, 5.74) is -0.133. The Morgan fingerprint density at radius 3 is 2.52 bits per heavy atom. The van der Waals surface area contributed by atoms with Crippen LogP contribution in [0.1, 0.15) is 23.7 Å². The van der Waals surface area contributed by atoms with Gasteiger partial charge in [0, 0.05) is 12.2 Å². The third-order valence-electron chi connectivity index (χ3n) is 2.56. The van der Waals surface area contributed by atoms with Crippen LogP contribution in [0.5, 0.6) is 0 Å². The first-order chi connectivity index (χ1) is 9.75. The van der Waals surface area contributed by atoms with Gasteiger partial charge < -0.3 is 15.7 Å². The summed E-state index contributed by atoms with van der Waals surface area (Å²) in [6.45, 7) is 2.31. The van der Waals surface area contributed by atoms with Gasteiger partial charge >= 0.3 is 5.97 Å². The first-order valence-electron chi connectivity index (χ1n) is 6.16. The molecular weight excluding hydrogens is 298 g/mol. The van der Waals surface area contributed by atoms with Crippen molar-refractivity contribution in [3.8, 4) is 0 Å². The van der Waals surface area contributed by atoms with E-state index in [1.807, 2.05) is 6.92 Å². The predicted octanol–water partition coefficient (Wildman–Crippen LogP) is -0.0297. The van der Waals surface area contributed by atoms with Crippen LogP contribution in [0, 0.1) is 0 Å². The van der Waals surface area contributed by atoms with Crippen molar-refractivity contribution in [3.63, 3.8) is 0 Å². The number of carboxylic acid groups (broad SMARTS) is 1. The topological polar surface area (TPSA) is 139 Å². The molecule has 0 aliphatic rings. The summed E-state index contributed by atoms with van der Waals surface area (Å²) in [5, 5.41) is 19.3. The second-order valence-electron chi connectivity index (χ2n) is 4.26. The van der Waals surface area contributed by atoms with Crippen LogP contribution < -0.4 is 15.8 Å². The van der Waals surface area contributed by atoms with Crippen molar-refractivity contribution in [3.05, 3.63) is 23.8 Å². The quantitative estimate of drug-likeness (QED) is 0.557. The molecule has 1 aromatic rings. The van der Waals surface area contributed by atoms with Gasteiger partial charge in [-0.05, 0) is 24.6 Å². The number of nitrogens with one attached hydrogen (secondary N) is 2. The number of carbonyl (C=O) groups is 2. The van der Waals surface area contributed by atoms with E-state index in [0.29, 0.717) is 6.54 Å². The van der Waals surface area contributed by atoms with E-state index in [0.717, 1.165) is 12.5 Å². The molecule has 1 rings (SSSR count). The van der Waals surface area contributed by atoms with Crippen LogP contribution in [0.3, 0.4) is 0 Å². The fraction of sp³-hybridized carbons (Fsp3) is 0.333. The number of primary sulfonamides is 1. The molecule has 21 heavy (non-hydrogen) atoms. The summed E-state index contributed by atoms with van der Waals surface area (Å²) >= 11 is 0. The molecule has 0 radical (unpaired) electrons. The lowest BCUT2D eigenvalue weighted by Crippen LogP contribution is -2.30. The highest BCUT2D eigenvalue weighted by Crippen LogP contribution is 2.19. The van der Waals surface area contributed by atoms with E-state index in [9.17, 15) is 18.0 Å². The Morgan fingerprint density at radius 1 is 1.33 bits per heavy atom. The number of aromatic carboxylic acids is 1. The average Bonchev–Trinajstić information content (AvgIpc) is 2.41. The number of hydrogen-bond donors (Lipinski definition) is 4. The van der Waals surface area contributed by atoms with Crippen LogP contribution in [-0.4, -0.2) is 38.5 Å². The first-order valence-corrected chi connectivity index (χ1v) is 7.71. The highest BCUT2D eigenvalue weighted by molar-refractivity contribution is 7.89. The van der Waals surface area contributed by atoms with Gasteiger partial charge in [0.2, 0.25) is 15.9 Å². The van der Waals surface area contributed by atoms with E-state index in [1.165, 1.54) is 12.1 Å². The van der Waals surface area contributed by atoms with E-state index >= 15 is 0 Å². The molecular formula is C12H17N3O5S. The van der Waals surface area contributed by atoms with Crippen LogP contribution in [0.15, 0.2) is 23.1 Å². The summed E-state index contributed by atoms with van der Waals surface area (Å²) in [6.07, 6.45) is 0.787. The second-order valence-corrected chi connectivity index (χ2v) is 5.82. The number of carboxylic acids is 1. The summed E-state index contributed by atoms with van der Waals surface area (Å²) in [6, 6.07) is 3.38. The molecule has 0 unspecified atom stereocenters. The van der Waals surface area contributed by atoms with E-state index in [-0.39, 0.29) is 28.6 Å². The van der Waals surface area contributed by atoms with Crippen molar-refractivity contribution < 1.29 is 23.1 Å². The Bertz CT molecular complexity index is 642. The zero-order chi connectivity index (χ0) is 16.0. The molecule has 1 amide bonds. The Hall–Kier alpha value is -2.13. The maximum Gasteiger partial charge on any atom is 0.337 e. The normalized spacial score (nSPS) is 11.0. The highest BCUT2D eigenvalue weighted by Gasteiger charge is 2.16. The molecule has 9 heteroatoms. The highest BCUT2D eigenvalue weighted by atomic mass is 32.2. The summed E-state index contributed by atoms with van der Waals surface area (Å²) in [7, 11) is -3.99. The smallest absolute Gasteiger partial charge is 0.337 e. The maximum absolute atomic E-state index is 11.4. The lowest BCUT2D eigenvalue weighted by molar-refractivity contribution is -0.119. The molecule has 0 bridgehead atoms. The van der Waals surface area contributed by atoms with E-state index in [2.05, 4.69) is 10.6 Å². The van der Waals surface area contributed by atoms with Gasteiger partial charge in [-0.15, -0.1) is 0 Å². The molecule has 0 saturated carbocycles.